The quantitative estimate of drug-likeness (QED) is 0.731. The van der Waals surface area contributed by atoms with Gasteiger partial charge in [0, 0.05) is 29.9 Å². The van der Waals surface area contributed by atoms with E-state index in [0.717, 1.165) is 28.2 Å². The number of ether oxygens (including phenoxy) is 1. The highest BCUT2D eigenvalue weighted by Gasteiger charge is 2.20. The van der Waals surface area contributed by atoms with Gasteiger partial charge in [-0.3, -0.25) is 9.98 Å². The highest BCUT2D eigenvalue weighted by atomic mass is 16.5. The Hall–Kier alpha value is -3.06. The zero-order chi connectivity index (χ0) is 16.2. The van der Waals surface area contributed by atoms with Crippen molar-refractivity contribution in [1.29, 1.82) is 0 Å². The molecule has 4 rings (SSSR count). The number of H-pyrrole nitrogens is 2. The lowest BCUT2D eigenvalue weighted by Crippen LogP contribution is -1.94. The first kappa shape index (κ1) is 14.5. The van der Waals surface area contributed by atoms with E-state index in [4.69, 9.17) is 4.74 Å². The average molecular weight is 320 g/mol. The van der Waals surface area contributed by atoms with Crippen LogP contribution in [-0.4, -0.2) is 32.8 Å². The second-order valence-corrected chi connectivity index (χ2v) is 5.42. The predicted octanol–water partition coefficient (Wildman–Crippen LogP) is 2.67. The van der Waals surface area contributed by atoms with Crippen LogP contribution in [0.4, 0.5) is 0 Å². The summed E-state index contributed by atoms with van der Waals surface area (Å²) in [7, 11) is 0. The van der Waals surface area contributed by atoms with E-state index in [1.54, 1.807) is 12.4 Å². The van der Waals surface area contributed by atoms with Crippen LogP contribution < -0.4 is 0 Å². The molecule has 0 amide bonds. The molecule has 2 N–H and O–H groups in total. The van der Waals surface area contributed by atoms with Gasteiger partial charge in [0.05, 0.1) is 13.2 Å². The lowest BCUT2D eigenvalue weighted by atomic mass is 10.1. The molecule has 0 atom stereocenters. The Kier molecular flexibility index (Phi) is 3.99. The Morgan fingerprint density at radius 2 is 1.83 bits per heavy atom. The molecule has 0 fully saturated rings. The molecule has 24 heavy (non-hydrogen) atoms. The third kappa shape index (κ3) is 3.02. The standard InChI is InChI=1S/C17H16N6O/c1-2-4-12(5-3-1)10-24-11-14-8-13(9-20-14)15-16(22-23-21-15)17-18-6-7-19-17/h1-9,17,20H,10-11H2,(H,21,22,23). The molecule has 3 aromatic rings. The van der Waals surface area contributed by atoms with Gasteiger partial charge in [-0.25, -0.2) is 0 Å². The van der Waals surface area contributed by atoms with E-state index < -0.39 is 0 Å². The van der Waals surface area contributed by atoms with E-state index in [9.17, 15) is 0 Å². The maximum absolute atomic E-state index is 5.74. The molecule has 0 bridgehead atoms. The van der Waals surface area contributed by atoms with Crippen LogP contribution in [0.2, 0.25) is 0 Å². The smallest absolute Gasteiger partial charge is 0.185 e. The topological polar surface area (TPSA) is 91.3 Å². The molecular formula is C17H16N6O. The maximum Gasteiger partial charge on any atom is 0.185 e. The third-order valence-corrected chi connectivity index (χ3v) is 3.73. The Bertz CT molecular complexity index is 852. The fourth-order valence-electron chi connectivity index (χ4n) is 2.57. The van der Waals surface area contributed by atoms with Crippen molar-refractivity contribution in [2.45, 2.75) is 19.4 Å². The van der Waals surface area contributed by atoms with Crippen LogP contribution in [-0.2, 0) is 18.0 Å². The molecule has 0 spiro atoms. The molecule has 3 heterocycles. The molecule has 7 heteroatoms. The number of nitrogens with one attached hydrogen (secondary N) is 2. The number of rotatable bonds is 6. The summed E-state index contributed by atoms with van der Waals surface area (Å²) < 4.78 is 5.74. The molecule has 0 aliphatic carbocycles. The van der Waals surface area contributed by atoms with Gasteiger partial charge >= 0.3 is 0 Å². The van der Waals surface area contributed by atoms with Crippen molar-refractivity contribution in [1.82, 2.24) is 20.4 Å². The normalized spacial score (nSPS) is 13.8. The Balaban J connectivity index is 1.43. The minimum absolute atomic E-state index is 0.313. The lowest BCUT2D eigenvalue weighted by molar-refractivity contribution is 0.105. The molecule has 7 nitrogen and oxygen atoms in total. The number of aromatic nitrogens is 4. The molecule has 1 aromatic carbocycles. The molecule has 2 aromatic heterocycles. The van der Waals surface area contributed by atoms with Crippen molar-refractivity contribution >= 4 is 12.4 Å². The first-order chi connectivity index (χ1) is 11.9. The Labute approximate surface area is 138 Å². The largest absolute Gasteiger partial charge is 0.371 e. The van der Waals surface area contributed by atoms with Crippen LogP contribution in [0.25, 0.3) is 11.3 Å². The second kappa shape index (κ2) is 6.59. The van der Waals surface area contributed by atoms with E-state index in [1.807, 2.05) is 42.6 Å². The highest BCUT2D eigenvalue weighted by molar-refractivity contribution is 6.17. The molecule has 1 aliphatic rings. The summed E-state index contributed by atoms with van der Waals surface area (Å²) >= 11 is 0. The van der Waals surface area contributed by atoms with Crippen molar-refractivity contribution in [3.8, 4) is 11.3 Å². The average Bonchev–Trinajstić information content (AvgIpc) is 3.36. The van der Waals surface area contributed by atoms with E-state index >= 15 is 0 Å². The molecule has 0 saturated heterocycles. The zero-order valence-electron chi connectivity index (χ0n) is 12.9. The van der Waals surface area contributed by atoms with Gasteiger partial charge in [-0.2, -0.15) is 15.4 Å². The first-order valence-corrected chi connectivity index (χ1v) is 7.65. The molecule has 0 unspecified atom stereocenters. The van der Waals surface area contributed by atoms with Crippen molar-refractivity contribution in [2.75, 3.05) is 0 Å². The summed E-state index contributed by atoms with van der Waals surface area (Å²) in [6.07, 6.45) is 4.92. The van der Waals surface area contributed by atoms with Crippen LogP contribution in [0.15, 0.2) is 52.6 Å². The van der Waals surface area contributed by atoms with Gasteiger partial charge in [-0.15, -0.1) is 0 Å². The highest BCUT2D eigenvalue weighted by Crippen LogP contribution is 2.28. The third-order valence-electron chi connectivity index (χ3n) is 3.73. The van der Waals surface area contributed by atoms with Crippen LogP contribution in [0.3, 0.4) is 0 Å². The second-order valence-electron chi connectivity index (χ2n) is 5.42. The Morgan fingerprint density at radius 3 is 2.67 bits per heavy atom. The molecule has 0 saturated carbocycles. The van der Waals surface area contributed by atoms with Gasteiger partial charge in [0.25, 0.3) is 0 Å². The van der Waals surface area contributed by atoms with E-state index in [1.165, 1.54) is 0 Å². The fourth-order valence-corrected chi connectivity index (χ4v) is 2.57. The van der Waals surface area contributed by atoms with Gasteiger partial charge in [0.15, 0.2) is 6.17 Å². The number of benzene rings is 1. The predicted molar refractivity (Wildman–Crippen MR) is 90.8 cm³/mol. The SMILES string of the molecule is C1=NC(c2n[nH]nc2-c2c[nH]c(COCc3ccccc3)c2)N=C1. The monoisotopic (exact) mass is 320 g/mol. The van der Waals surface area contributed by atoms with Gasteiger partial charge < -0.3 is 9.72 Å². The van der Waals surface area contributed by atoms with Gasteiger partial charge in [0.1, 0.15) is 11.4 Å². The number of aromatic amines is 2. The van der Waals surface area contributed by atoms with Crippen LogP contribution in [0.1, 0.15) is 23.1 Å². The minimum atomic E-state index is -0.313. The molecule has 120 valence electrons. The van der Waals surface area contributed by atoms with Gasteiger partial charge in [-0.05, 0) is 11.6 Å². The van der Waals surface area contributed by atoms with Crippen molar-refractivity contribution in [3.63, 3.8) is 0 Å². The fraction of sp³-hybridized carbons (Fsp3) is 0.176. The maximum atomic E-state index is 5.74. The van der Waals surface area contributed by atoms with Gasteiger partial charge in [0.2, 0.25) is 0 Å². The number of aliphatic imine (C=N–C) groups is 2. The number of nitrogens with zero attached hydrogens (tertiary/aromatic N) is 4. The summed E-state index contributed by atoms with van der Waals surface area (Å²) in [5, 5.41) is 11.1. The summed E-state index contributed by atoms with van der Waals surface area (Å²) in [4.78, 5) is 11.7. The molecule has 1 aliphatic heterocycles. The zero-order valence-corrected chi connectivity index (χ0v) is 12.9. The summed E-state index contributed by atoms with van der Waals surface area (Å²) in [6, 6.07) is 12.1. The molecule has 0 radical (unpaired) electrons. The molecular weight excluding hydrogens is 304 g/mol. The van der Waals surface area contributed by atoms with E-state index in [2.05, 4.69) is 30.4 Å². The summed E-state index contributed by atoms with van der Waals surface area (Å²) in [5.74, 6) is 0. The first-order valence-electron chi connectivity index (χ1n) is 7.65. The van der Waals surface area contributed by atoms with Crippen molar-refractivity contribution in [3.05, 3.63) is 59.5 Å². The Morgan fingerprint density at radius 1 is 1.00 bits per heavy atom. The van der Waals surface area contributed by atoms with E-state index in [0.29, 0.717) is 13.2 Å². The lowest BCUT2D eigenvalue weighted by Gasteiger charge is -2.02. The number of hydrogen-bond donors (Lipinski definition) is 2. The van der Waals surface area contributed by atoms with Crippen LogP contribution in [0, 0.1) is 0 Å². The minimum Gasteiger partial charge on any atom is -0.371 e. The van der Waals surface area contributed by atoms with Crippen LogP contribution >= 0.6 is 0 Å². The number of hydrogen-bond acceptors (Lipinski definition) is 5. The van der Waals surface area contributed by atoms with Crippen molar-refractivity contribution < 1.29 is 4.74 Å². The van der Waals surface area contributed by atoms with E-state index in [-0.39, 0.29) is 6.17 Å². The van der Waals surface area contributed by atoms with Crippen molar-refractivity contribution in [2.24, 2.45) is 9.98 Å². The summed E-state index contributed by atoms with van der Waals surface area (Å²) in [5.41, 5.74) is 4.54. The van der Waals surface area contributed by atoms with Crippen LogP contribution in [0.5, 0.6) is 0 Å². The summed E-state index contributed by atoms with van der Waals surface area (Å²) in [6.45, 7) is 1.08. The van der Waals surface area contributed by atoms with Gasteiger partial charge in [-0.1, -0.05) is 30.3 Å².